The Morgan fingerprint density at radius 2 is 1.93 bits per heavy atom. The molecule has 0 aliphatic carbocycles. The standard InChI is InChI=1S/C8H10O4S2/c1-7-2-4-8(5-3-7)6-13-12-14(9,10)11/h2-5H,6H2,1H3,(H,9,10,11)/p-1. The molecular formula is C8H9O4S2-. The Balaban J connectivity index is 2.43. The molecule has 14 heavy (non-hydrogen) atoms. The van der Waals surface area contributed by atoms with Crippen molar-refractivity contribution in [3.05, 3.63) is 35.4 Å². The molecule has 4 nitrogen and oxygen atoms in total. The molecule has 0 unspecified atom stereocenters. The highest BCUT2D eigenvalue weighted by atomic mass is 32.3. The molecule has 0 bridgehead atoms. The fraction of sp³-hybridized carbons (Fsp3) is 0.250. The molecule has 0 aliphatic rings. The summed E-state index contributed by atoms with van der Waals surface area (Å²) in [5, 5.41) is 0. The maximum Gasteiger partial charge on any atom is 0.228 e. The summed E-state index contributed by atoms with van der Waals surface area (Å²) in [6, 6.07) is 7.51. The van der Waals surface area contributed by atoms with Crippen molar-refractivity contribution in [1.82, 2.24) is 0 Å². The predicted molar refractivity (Wildman–Crippen MR) is 53.3 cm³/mol. The lowest BCUT2D eigenvalue weighted by Gasteiger charge is -2.05. The van der Waals surface area contributed by atoms with E-state index in [-0.39, 0.29) is 0 Å². The van der Waals surface area contributed by atoms with Gasteiger partial charge in [0.15, 0.2) is 0 Å². The first-order chi connectivity index (χ1) is 6.47. The minimum absolute atomic E-state index is 0.335. The van der Waals surface area contributed by atoms with Gasteiger partial charge >= 0.3 is 0 Å². The van der Waals surface area contributed by atoms with E-state index >= 15 is 0 Å². The molecule has 0 radical (unpaired) electrons. The van der Waals surface area contributed by atoms with E-state index < -0.39 is 10.4 Å². The highest BCUT2D eigenvalue weighted by Gasteiger charge is 1.97. The van der Waals surface area contributed by atoms with Gasteiger partial charge < -0.3 is 4.55 Å². The van der Waals surface area contributed by atoms with Crippen LogP contribution in [-0.2, 0) is 19.8 Å². The molecule has 0 amide bonds. The van der Waals surface area contributed by atoms with Crippen LogP contribution in [-0.4, -0.2) is 13.0 Å². The lowest BCUT2D eigenvalue weighted by Crippen LogP contribution is -1.97. The molecule has 0 heterocycles. The molecule has 1 aromatic carbocycles. The summed E-state index contributed by atoms with van der Waals surface area (Å²) in [6.07, 6.45) is 0. The van der Waals surface area contributed by atoms with Crippen molar-refractivity contribution in [2.24, 2.45) is 0 Å². The van der Waals surface area contributed by atoms with Gasteiger partial charge in [-0.15, -0.1) is 0 Å². The van der Waals surface area contributed by atoms with Crippen LogP contribution in [0.4, 0.5) is 0 Å². The summed E-state index contributed by atoms with van der Waals surface area (Å²) in [5.41, 5.74) is 2.03. The van der Waals surface area contributed by atoms with Crippen LogP contribution in [0.25, 0.3) is 0 Å². The first-order valence-corrected chi connectivity index (χ1v) is 6.04. The van der Waals surface area contributed by atoms with E-state index in [1.807, 2.05) is 31.2 Å². The zero-order valence-corrected chi connectivity index (χ0v) is 9.10. The largest absolute Gasteiger partial charge is 0.725 e. The summed E-state index contributed by atoms with van der Waals surface area (Å²) in [7, 11) is -4.59. The van der Waals surface area contributed by atoms with Crippen molar-refractivity contribution in [2.75, 3.05) is 0 Å². The molecule has 0 aliphatic heterocycles. The Bertz CT molecular complexity index is 382. The van der Waals surface area contributed by atoms with Gasteiger partial charge in [0.1, 0.15) is 0 Å². The second-order valence-corrected chi connectivity index (χ2v) is 4.61. The maximum atomic E-state index is 10.1. The van der Waals surface area contributed by atoms with Gasteiger partial charge in [-0.05, 0) is 12.5 Å². The maximum absolute atomic E-state index is 10.1. The predicted octanol–water partition coefficient (Wildman–Crippen LogP) is 1.62. The van der Waals surface area contributed by atoms with Crippen molar-refractivity contribution in [1.29, 1.82) is 0 Å². The van der Waals surface area contributed by atoms with Crippen LogP contribution >= 0.6 is 12.0 Å². The number of rotatable bonds is 4. The number of benzene rings is 1. The van der Waals surface area contributed by atoms with Crippen molar-refractivity contribution in [2.45, 2.75) is 12.7 Å². The molecule has 0 saturated carbocycles. The van der Waals surface area contributed by atoms with Crippen LogP contribution in [0.3, 0.4) is 0 Å². The number of aryl methyl sites for hydroxylation is 1. The molecule has 0 saturated heterocycles. The van der Waals surface area contributed by atoms with Crippen LogP contribution < -0.4 is 0 Å². The minimum Gasteiger partial charge on any atom is -0.725 e. The van der Waals surface area contributed by atoms with Gasteiger partial charge in [0.25, 0.3) is 0 Å². The first-order valence-electron chi connectivity index (χ1n) is 3.80. The second kappa shape index (κ2) is 4.79. The van der Waals surface area contributed by atoms with Gasteiger partial charge in [0, 0.05) is 17.8 Å². The van der Waals surface area contributed by atoms with Crippen LogP contribution in [0.2, 0.25) is 0 Å². The summed E-state index contributed by atoms with van der Waals surface area (Å²) in [6.45, 7) is 1.95. The Morgan fingerprint density at radius 3 is 2.43 bits per heavy atom. The molecule has 0 aromatic heterocycles. The molecule has 1 rings (SSSR count). The van der Waals surface area contributed by atoms with Gasteiger partial charge in [0.05, 0.1) is 0 Å². The van der Waals surface area contributed by atoms with E-state index in [9.17, 15) is 13.0 Å². The van der Waals surface area contributed by atoms with Crippen LogP contribution in [0.1, 0.15) is 11.1 Å². The smallest absolute Gasteiger partial charge is 0.228 e. The fourth-order valence-electron chi connectivity index (χ4n) is 0.835. The van der Waals surface area contributed by atoms with E-state index in [2.05, 4.69) is 3.63 Å². The second-order valence-electron chi connectivity index (χ2n) is 2.72. The average molecular weight is 233 g/mol. The lowest BCUT2D eigenvalue weighted by atomic mass is 10.2. The highest BCUT2D eigenvalue weighted by Crippen LogP contribution is 2.15. The van der Waals surface area contributed by atoms with Crippen LogP contribution in [0, 0.1) is 6.92 Å². The molecular weight excluding hydrogens is 224 g/mol. The van der Waals surface area contributed by atoms with Gasteiger partial charge in [-0.1, -0.05) is 29.8 Å². The summed E-state index contributed by atoms with van der Waals surface area (Å²) >= 11 is 0.619. The monoisotopic (exact) mass is 233 g/mol. The van der Waals surface area contributed by atoms with E-state index in [4.69, 9.17) is 0 Å². The van der Waals surface area contributed by atoms with Gasteiger partial charge in [-0.2, -0.15) is 0 Å². The van der Waals surface area contributed by atoms with Crippen molar-refractivity contribution in [3.8, 4) is 0 Å². The quantitative estimate of drug-likeness (QED) is 0.449. The number of hydrogen-bond donors (Lipinski definition) is 0. The normalized spacial score (nSPS) is 11.6. The molecule has 0 spiro atoms. The third-order valence-corrected chi connectivity index (χ3v) is 2.98. The molecule has 6 heteroatoms. The van der Waals surface area contributed by atoms with E-state index in [0.29, 0.717) is 17.8 Å². The van der Waals surface area contributed by atoms with Crippen molar-refractivity contribution in [3.63, 3.8) is 0 Å². The van der Waals surface area contributed by atoms with E-state index in [1.165, 1.54) is 0 Å². The molecule has 0 atom stereocenters. The Kier molecular flexibility index (Phi) is 3.94. The molecule has 78 valence electrons. The topological polar surface area (TPSA) is 66.4 Å². The average Bonchev–Trinajstić information content (AvgIpc) is 2.06. The minimum atomic E-state index is -4.59. The van der Waals surface area contributed by atoms with E-state index in [0.717, 1.165) is 11.1 Å². The summed E-state index contributed by atoms with van der Waals surface area (Å²) in [4.78, 5) is 0. The number of hydrogen-bond acceptors (Lipinski definition) is 5. The zero-order valence-electron chi connectivity index (χ0n) is 7.47. The Labute approximate surface area is 87.4 Å². The highest BCUT2D eigenvalue weighted by molar-refractivity contribution is 8.02. The molecule has 0 fully saturated rings. The zero-order chi connectivity index (χ0) is 10.6. The van der Waals surface area contributed by atoms with Crippen LogP contribution in [0.5, 0.6) is 0 Å². The van der Waals surface area contributed by atoms with Crippen molar-refractivity contribution >= 4 is 22.4 Å². The Hall–Kier alpha value is -0.560. The van der Waals surface area contributed by atoms with Crippen LogP contribution in [0.15, 0.2) is 24.3 Å². The SMILES string of the molecule is Cc1ccc(CSOS(=O)(=O)[O-])cc1. The first kappa shape index (κ1) is 11.5. The summed E-state index contributed by atoms with van der Waals surface area (Å²) < 4.78 is 34.2. The van der Waals surface area contributed by atoms with Gasteiger partial charge in [-0.25, -0.2) is 12.0 Å². The van der Waals surface area contributed by atoms with Crippen molar-refractivity contribution < 1.29 is 16.6 Å². The Morgan fingerprint density at radius 1 is 1.36 bits per heavy atom. The third-order valence-electron chi connectivity index (χ3n) is 1.48. The van der Waals surface area contributed by atoms with Gasteiger partial charge in [0.2, 0.25) is 10.4 Å². The van der Waals surface area contributed by atoms with Gasteiger partial charge in [-0.3, -0.25) is 0 Å². The molecule has 1 aromatic rings. The third kappa shape index (κ3) is 4.61. The summed E-state index contributed by atoms with van der Waals surface area (Å²) in [5.74, 6) is 0.335. The molecule has 0 N–H and O–H groups in total. The van der Waals surface area contributed by atoms with E-state index in [1.54, 1.807) is 0 Å². The lowest BCUT2D eigenvalue weighted by molar-refractivity contribution is 0.391. The fourth-order valence-corrected chi connectivity index (χ4v) is 1.83.